The Morgan fingerprint density at radius 1 is 1.14 bits per heavy atom. The van der Waals surface area contributed by atoms with Crippen molar-refractivity contribution in [2.45, 2.75) is 77.7 Å². The Balaban J connectivity index is 1.77. The first kappa shape index (κ1) is 16.5. The van der Waals surface area contributed by atoms with Crippen molar-refractivity contribution in [3.8, 4) is 0 Å². The molecule has 21 heavy (non-hydrogen) atoms. The predicted molar refractivity (Wildman–Crippen MR) is 90.4 cm³/mol. The summed E-state index contributed by atoms with van der Waals surface area (Å²) < 4.78 is 0. The molecule has 0 amide bonds. The zero-order valence-corrected chi connectivity index (χ0v) is 14.1. The molecule has 1 heteroatoms. The SMILES string of the molecule is CCC(C)(C)C1CCC(O)(CCCc2ccccc2)CC1. The van der Waals surface area contributed by atoms with Crippen molar-refractivity contribution in [2.75, 3.05) is 0 Å². The molecule has 1 N–H and O–H groups in total. The van der Waals surface area contributed by atoms with Gasteiger partial charge in [-0.1, -0.05) is 57.5 Å². The summed E-state index contributed by atoms with van der Waals surface area (Å²) in [5, 5.41) is 10.8. The molecule has 0 aromatic heterocycles. The van der Waals surface area contributed by atoms with E-state index in [2.05, 4.69) is 51.1 Å². The molecule has 0 radical (unpaired) electrons. The molecule has 0 saturated heterocycles. The van der Waals surface area contributed by atoms with Crippen molar-refractivity contribution in [3.63, 3.8) is 0 Å². The van der Waals surface area contributed by atoms with E-state index in [-0.39, 0.29) is 0 Å². The molecule has 0 bridgehead atoms. The van der Waals surface area contributed by atoms with Crippen LogP contribution in [0, 0.1) is 11.3 Å². The smallest absolute Gasteiger partial charge is 0.0648 e. The number of rotatable bonds is 6. The van der Waals surface area contributed by atoms with Gasteiger partial charge in [0.05, 0.1) is 5.60 Å². The summed E-state index contributed by atoms with van der Waals surface area (Å²) in [5.74, 6) is 0.789. The summed E-state index contributed by atoms with van der Waals surface area (Å²) in [6.07, 6.45) is 8.78. The highest BCUT2D eigenvalue weighted by Crippen LogP contribution is 2.44. The van der Waals surface area contributed by atoms with Crippen LogP contribution in [0.25, 0.3) is 0 Å². The molecule has 0 unspecified atom stereocenters. The monoisotopic (exact) mass is 288 g/mol. The minimum absolute atomic E-state index is 0.394. The van der Waals surface area contributed by atoms with Crippen LogP contribution in [0.4, 0.5) is 0 Å². The second kappa shape index (κ2) is 6.96. The molecule has 1 fully saturated rings. The van der Waals surface area contributed by atoms with Gasteiger partial charge in [0.15, 0.2) is 0 Å². The fourth-order valence-electron chi connectivity index (χ4n) is 3.74. The molecule has 1 aromatic carbocycles. The fourth-order valence-corrected chi connectivity index (χ4v) is 3.74. The molecule has 0 atom stereocenters. The summed E-state index contributed by atoms with van der Waals surface area (Å²) in [4.78, 5) is 0. The van der Waals surface area contributed by atoms with Crippen molar-refractivity contribution in [3.05, 3.63) is 35.9 Å². The van der Waals surface area contributed by atoms with Gasteiger partial charge < -0.3 is 5.11 Å². The molecular weight excluding hydrogens is 256 g/mol. The van der Waals surface area contributed by atoms with Crippen molar-refractivity contribution >= 4 is 0 Å². The lowest BCUT2D eigenvalue weighted by Crippen LogP contribution is -2.38. The van der Waals surface area contributed by atoms with Crippen LogP contribution in [0.5, 0.6) is 0 Å². The Bertz CT molecular complexity index is 413. The summed E-state index contributed by atoms with van der Waals surface area (Å²) in [7, 11) is 0. The first-order valence-electron chi connectivity index (χ1n) is 8.71. The standard InChI is InChI=1S/C20H32O/c1-4-19(2,3)18-12-15-20(21,16-13-18)14-8-11-17-9-6-5-7-10-17/h5-7,9-10,18,21H,4,8,11-16H2,1-3H3. The first-order valence-corrected chi connectivity index (χ1v) is 8.71. The Hall–Kier alpha value is -0.820. The Morgan fingerprint density at radius 3 is 2.33 bits per heavy atom. The lowest BCUT2D eigenvalue weighted by Gasteiger charge is -2.42. The van der Waals surface area contributed by atoms with Gasteiger partial charge in [0, 0.05) is 0 Å². The molecule has 1 nitrogen and oxygen atoms in total. The van der Waals surface area contributed by atoms with E-state index in [0.29, 0.717) is 5.41 Å². The van der Waals surface area contributed by atoms with Crippen LogP contribution >= 0.6 is 0 Å². The topological polar surface area (TPSA) is 20.2 Å². The summed E-state index contributed by atoms with van der Waals surface area (Å²) >= 11 is 0. The van der Waals surface area contributed by atoms with E-state index < -0.39 is 5.60 Å². The molecular formula is C20H32O. The van der Waals surface area contributed by atoms with Gasteiger partial charge in [-0.25, -0.2) is 0 Å². The normalized spacial score (nSPS) is 26.8. The highest BCUT2D eigenvalue weighted by atomic mass is 16.3. The summed E-state index contributed by atoms with van der Waals surface area (Å²) in [6, 6.07) is 10.6. The third-order valence-corrected chi connectivity index (χ3v) is 5.88. The predicted octanol–water partition coefficient (Wildman–Crippen LogP) is 5.37. The molecule has 0 spiro atoms. The molecule has 1 aromatic rings. The quantitative estimate of drug-likeness (QED) is 0.746. The third kappa shape index (κ3) is 4.57. The molecule has 0 heterocycles. The lowest BCUT2D eigenvalue weighted by atomic mass is 9.65. The average Bonchev–Trinajstić information content (AvgIpc) is 2.49. The minimum Gasteiger partial charge on any atom is -0.390 e. The van der Waals surface area contributed by atoms with E-state index in [0.717, 1.165) is 38.0 Å². The van der Waals surface area contributed by atoms with E-state index in [1.165, 1.54) is 24.8 Å². The van der Waals surface area contributed by atoms with Crippen LogP contribution in [0.1, 0.15) is 71.3 Å². The van der Waals surface area contributed by atoms with E-state index in [1.54, 1.807) is 0 Å². The molecule has 0 aliphatic heterocycles. The van der Waals surface area contributed by atoms with Gasteiger partial charge in [0.25, 0.3) is 0 Å². The van der Waals surface area contributed by atoms with Crippen LogP contribution < -0.4 is 0 Å². The van der Waals surface area contributed by atoms with Gasteiger partial charge >= 0.3 is 0 Å². The number of aryl methyl sites for hydroxylation is 1. The van der Waals surface area contributed by atoms with E-state index >= 15 is 0 Å². The van der Waals surface area contributed by atoms with E-state index in [1.807, 2.05) is 0 Å². The van der Waals surface area contributed by atoms with Crippen molar-refractivity contribution in [2.24, 2.45) is 11.3 Å². The second-order valence-corrected chi connectivity index (χ2v) is 7.68. The van der Waals surface area contributed by atoms with Gasteiger partial charge in [-0.2, -0.15) is 0 Å². The van der Waals surface area contributed by atoms with Gasteiger partial charge in [-0.05, 0) is 61.8 Å². The van der Waals surface area contributed by atoms with E-state index in [9.17, 15) is 5.11 Å². The maximum Gasteiger partial charge on any atom is 0.0648 e. The highest BCUT2D eigenvalue weighted by Gasteiger charge is 2.37. The summed E-state index contributed by atoms with van der Waals surface area (Å²) in [5.41, 5.74) is 1.43. The molecule has 2 rings (SSSR count). The van der Waals surface area contributed by atoms with Crippen molar-refractivity contribution in [1.29, 1.82) is 0 Å². The average molecular weight is 288 g/mol. The zero-order valence-electron chi connectivity index (χ0n) is 14.1. The molecule has 1 aliphatic rings. The second-order valence-electron chi connectivity index (χ2n) is 7.68. The first-order chi connectivity index (χ1) is 9.95. The Labute approximate surface area is 130 Å². The molecule has 1 saturated carbocycles. The number of hydrogen-bond acceptors (Lipinski definition) is 1. The van der Waals surface area contributed by atoms with Crippen molar-refractivity contribution < 1.29 is 5.11 Å². The van der Waals surface area contributed by atoms with Crippen LogP contribution in [0.3, 0.4) is 0 Å². The Kier molecular flexibility index (Phi) is 5.48. The van der Waals surface area contributed by atoms with Gasteiger partial charge in [-0.3, -0.25) is 0 Å². The number of benzene rings is 1. The lowest BCUT2D eigenvalue weighted by molar-refractivity contribution is -0.0352. The van der Waals surface area contributed by atoms with E-state index in [4.69, 9.17) is 0 Å². The van der Waals surface area contributed by atoms with Crippen LogP contribution in [-0.4, -0.2) is 10.7 Å². The van der Waals surface area contributed by atoms with Crippen LogP contribution in [0.2, 0.25) is 0 Å². The highest BCUT2D eigenvalue weighted by molar-refractivity contribution is 5.14. The van der Waals surface area contributed by atoms with Gasteiger partial charge in [-0.15, -0.1) is 0 Å². The largest absolute Gasteiger partial charge is 0.390 e. The fraction of sp³-hybridized carbons (Fsp3) is 0.700. The van der Waals surface area contributed by atoms with Crippen LogP contribution in [0.15, 0.2) is 30.3 Å². The van der Waals surface area contributed by atoms with Crippen LogP contribution in [-0.2, 0) is 6.42 Å². The summed E-state index contributed by atoms with van der Waals surface area (Å²) in [6.45, 7) is 7.07. The zero-order chi connectivity index (χ0) is 15.3. The maximum atomic E-state index is 10.8. The number of aliphatic hydroxyl groups is 1. The third-order valence-electron chi connectivity index (χ3n) is 5.88. The maximum absolute atomic E-state index is 10.8. The Morgan fingerprint density at radius 2 is 1.76 bits per heavy atom. The molecule has 1 aliphatic carbocycles. The molecule has 118 valence electrons. The van der Waals surface area contributed by atoms with Gasteiger partial charge in [0.1, 0.15) is 0 Å². The van der Waals surface area contributed by atoms with Crippen molar-refractivity contribution in [1.82, 2.24) is 0 Å². The minimum atomic E-state index is -0.394. The number of hydrogen-bond donors (Lipinski definition) is 1. The van der Waals surface area contributed by atoms with Gasteiger partial charge in [0.2, 0.25) is 0 Å².